The van der Waals surface area contributed by atoms with Gasteiger partial charge in [0.2, 0.25) is 0 Å². The van der Waals surface area contributed by atoms with E-state index in [9.17, 15) is 0 Å². The normalized spacial score (nSPS) is 23.2. The lowest BCUT2D eigenvalue weighted by atomic mass is 10.2. The smallest absolute Gasteiger partial charge is 0.0172 e. The van der Waals surface area contributed by atoms with Crippen LogP contribution in [0.25, 0.3) is 0 Å². The molecule has 1 unspecified atom stereocenters. The first-order valence-corrected chi connectivity index (χ1v) is 6.30. The predicted molar refractivity (Wildman–Crippen MR) is 57.9 cm³/mol. The van der Waals surface area contributed by atoms with E-state index in [0.29, 0.717) is 0 Å². The standard InChI is InChI=1S/C10H21NS/c1-2-3-4-7-11-9-10-6-5-8-12-10/h10-11H,2-9H2,1H3. The molecule has 0 amide bonds. The Bertz CT molecular complexity index is 100. The summed E-state index contributed by atoms with van der Waals surface area (Å²) in [5.41, 5.74) is 0. The fourth-order valence-electron chi connectivity index (χ4n) is 1.57. The molecule has 1 saturated heterocycles. The van der Waals surface area contributed by atoms with Gasteiger partial charge in [0, 0.05) is 11.8 Å². The molecule has 0 aromatic rings. The average molecular weight is 187 g/mol. The van der Waals surface area contributed by atoms with Gasteiger partial charge in [0.1, 0.15) is 0 Å². The molecule has 0 radical (unpaired) electrons. The summed E-state index contributed by atoms with van der Waals surface area (Å²) < 4.78 is 0. The second-order valence-corrected chi connectivity index (χ2v) is 4.95. The van der Waals surface area contributed by atoms with Crippen molar-refractivity contribution in [2.24, 2.45) is 0 Å². The molecule has 1 atom stereocenters. The highest BCUT2D eigenvalue weighted by Gasteiger charge is 2.13. The molecule has 1 heterocycles. The highest BCUT2D eigenvalue weighted by molar-refractivity contribution is 8.00. The number of nitrogens with one attached hydrogen (secondary N) is 1. The summed E-state index contributed by atoms with van der Waals surface area (Å²) in [5, 5.41) is 4.46. The topological polar surface area (TPSA) is 12.0 Å². The van der Waals surface area contributed by atoms with Gasteiger partial charge in [-0.25, -0.2) is 0 Å². The van der Waals surface area contributed by atoms with Crippen molar-refractivity contribution >= 4 is 11.8 Å². The Balaban J connectivity index is 1.81. The van der Waals surface area contributed by atoms with Crippen molar-refractivity contribution in [3.8, 4) is 0 Å². The van der Waals surface area contributed by atoms with Crippen molar-refractivity contribution in [2.75, 3.05) is 18.8 Å². The van der Waals surface area contributed by atoms with E-state index in [1.54, 1.807) is 0 Å². The first-order chi connectivity index (χ1) is 5.93. The number of unbranched alkanes of at least 4 members (excludes halogenated alkanes) is 2. The minimum atomic E-state index is 0.923. The summed E-state index contributed by atoms with van der Waals surface area (Å²) in [7, 11) is 0. The molecule has 0 aromatic carbocycles. The molecule has 0 aliphatic carbocycles. The van der Waals surface area contributed by atoms with Crippen molar-refractivity contribution in [3.63, 3.8) is 0 Å². The van der Waals surface area contributed by atoms with E-state index in [-0.39, 0.29) is 0 Å². The Hall–Kier alpha value is 0.310. The molecule has 1 nitrogen and oxygen atoms in total. The molecule has 1 rings (SSSR count). The lowest BCUT2D eigenvalue weighted by Crippen LogP contribution is -2.23. The molecule has 0 saturated carbocycles. The molecule has 1 N–H and O–H groups in total. The number of rotatable bonds is 6. The molecule has 1 fully saturated rings. The molecular formula is C10H21NS. The van der Waals surface area contributed by atoms with Gasteiger partial charge in [-0.1, -0.05) is 19.8 Å². The summed E-state index contributed by atoms with van der Waals surface area (Å²) in [5.74, 6) is 1.39. The minimum Gasteiger partial charge on any atom is -0.316 e. The van der Waals surface area contributed by atoms with Crippen molar-refractivity contribution in [3.05, 3.63) is 0 Å². The molecule has 0 bridgehead atoms. The Morgan fingerprint density at radius 2 is 2.33 bits per heavy atom. The van der Waals surface area contributed by atoms with E-state index in [1.165, 1.54) is 50.9 Å². The van der Waals surface area contributed by atoms with E-state index in [4.69, 9.17) is 0 Å². The van der Waals surface area contributed by atoms with Crippen LogP contribution in [0.2, 0.25) is 0 Å². The van der Waals surface area contributed by atoms with Crippen LogP contribution in [0, 0.1) is 0 Å². The number of thioether (sulfide) groups is 1. The largest absolute Gasteiger partial charge is 0.316 e. The van der Waals surface area contributed by atoms with Crippen LogP contribution in [0.4, 0.5) is 0 Å². The van der Waals surface area contributed by atoms with Gasteiger partial charge >= 0.3 is 0 Å². The number of hydrogen-bond donors (Lipinski definition) is 1. The van der Waals surface area contributed by atoms with Gasteiger partial charge in [0.25, 0.3) is 0 Å². The molecule has 0 aromatic heterocycles. The highest BCUT2D eigenvalue weighted by Crippen LogP contribution is 2.25. The first-order valence-electron chi connectivity index (χ1n) is 5.26. The molecule has 0 spiro atoms. The maximum atomic E-state index is 3.54. The van der Waals surface area contributed by atoms with Gasteiger partial charge in [0.05, 0.1) is 0 Å². The van der Waals surface area contributed by atoms with Crippen LogP contribution in [0.15, 0.2) is 0 Å². The van der Waals surface area contributed by atoms with E-state index in [2.05, 4.69) is 24.0 Å². The quantitative estimate of drug-likeness (QED) is 0.642. The third-order valence-electron chi connectivity index (χ3n) is 2.35. The average Bonchev–Trinajstić information content (AvgIpc) is 2.57. The minimum absolute atomic E-state index is 0.923. The van der Waals surface area contributed by atoms with Gasteiger partial charge in [-0.2, -0.15) is 11.8 Å². The van der Waals surface area contributed by atoms with E-state index in [0.717, 1.165) is 5.25 Å². The van der Waals surface area contributed by atoms with Crippen molar-refractivity contribution in [1.82, 2.24) is 5.32 Å². The zero-order valence-electron chi connectivity index (χ0n) is 8.14. The fraction of sp³-hybridized carbons (Fsp3) is 1.00. The maximum absolute atomic E-state index is 3.54. The summed E-state index contributed by atoms with van der Waals surface area (Å²) >= 11 is 2.14. The van der Waals surface area contributed by atoms with Gasteiger partial charge in [0.15, 0.2) is 0 Å². The van der Waals surface area contributed by atoms with Crippen LogP contribution in [-0.2, 0) is 0 Å². The molecule has 72 valence electrons. The molecule has 1 aliphatic heterocycles. The van der Waals surface area contributed by atoms with Gasteiger partial charge < -0.3 is 5.32 Å². The van der Waals surface area contributed by atoms with Crippen LogP contribution >= 0.6 is 11.8 Å². The SMILES string of the molecule is CCCCCNCC1CCCS1. The van der Waals surface area contributed by atoms with Crippen LogP contribution in [0.3, 0.4) is 0 Å². The van der Waals surface area contributed by atoms with Gasteiger partial charge in [-0.05, 0) is 31.6 Å². The van der Waals surface area contributed by atoms with Gasteiger partial charge in [-0.3, -0.25) is 0 Å². The summed E-state index contributed by atoms with van der Waals surface area (Å²) in [6.45, 7) is 4.73. The first kappa shape index (κ1) is 10.4. The van der Waals surface area contributed by atoms with E-state index < -0.39 is 0 Å². The highest BCUT2D eigenvalue weighted by atomic mass is 32.2. The van der Waals surface area contributed by atoms with Crippen LogP contribution in [-0.4, -0.2) is 24.1 Å². The Labute approximate surface area is 80.7 Å². The fourth-order valence-corrected chi connectivity index (χ4v) is 2.80. The Morgan fingerprint density at radius 1 is 1.42 bits per heavy atom. The predicted octanol–water partition coefficient (Wildman–Crippen LogP) is 2.66. The van der Waals surface area contributed by atoms with Crippen molar-refractivity contribution < 1.29 is 0 Å². The lowest BCUT2D eigenvalue weighted by molar-refractivity contribution is 0.599. The van der Waals surface area contributed by atoms with Crippen molar-refractivity contribution in [1.29, 1.82) is 0 Å². The lowest BCUT2D eigenvalue weighted by Gasteiger charge is -2.09. The van der Waals surface area contributed by atoms with Crippen LogP contribution in [0.1, 0.15) is 39.0 Å². The third-order valence-corrected chi connectivity index (χ3v) is 3.75. The maximum Gasteiger partial charge on any atom is 0.0172 e. The zero-order chi connectivity index (χ0) is 8.65. The monoisotopic (exact) mass is 187 g/mol. The van der Waals surface area contributed by atoms with Gasteiger partial charge in [-0.15, -0.1) is 0 Å². The molecule has 1 aliphatic rings. The Morgan fingerprint density at radius 3 is 3.00 bits per heavy atom. The van der Waals surface area contributed by atoms with Crippen LogP contribution < -0.4 is 5.32 Å². The van der Waals surface area contributed by atoms with Crippen LogP contribution in [0.5, 0.6) is 0 Å². The summed E-state index contributed by atoms with van der Waals surface area (Å²) in [6.07, 6.45) is 6.94. The number of hydrogen-bond acceptors (Lipinski definition) is 2. The van der Waals surface area contributed by atoms with E-state index >= 15 is 0 Å². The Kier molecular flexibility index (Phi) is 5.88. The second-order valence-electron chi connectivity index (χ2n) is 3.55. The molecule has 12 heavy (non-hydrogen) atoms. The molecular weight excluding hydrogens is 166 g/mol. The molecule has 2 heteroatoms. The third kappa shape index (κ3) is 4.36. The van der Waals surface area contributed by atoms with Crippen molar-refractivity contribution in [2.45, 2.75) is 44.3 Å². The summed E-state index contributed by atoms with van der Waals surface area (Å²) in [4.78, 5) is 0. The second kappa shape index (κ2) is 6.79. The zero-order valence-corrected chi connectivity index (χ0v) is 8.96. The van der Waals surface area contributed by atoms with E-state index in [1.807, 2.05) is 0 Å². The summed E-state index contributed by atoms with van der Waals surface area (Å²) in [6, 6.07) is 0.